The van der Waals surface area contributed by atoms with Crippen molar-refractivity contribution in [1.82, 2.24) is 15.3 Å². The molecule has 2 aliphatic heterocycles. The van der Waals surface area contributed by atoms with E-state index < -0.39 is 0 Å². The molecule has 0 radical (unpaired) electrons. The van der Waals surface area contributed by atoms with E-state index in [1.165, 1.54) is 0 Å². The Morgan fingerprint density at radius 2 is 2.12 bits per heavy atom. The zero-order chi connectivity index (χ0) is 17.7. The molecule has 6 nitrogen and oxygen atoms in total. The van der Waals surface area contributed by atoms with E-state index in [4.69, 9.17) is 0 Å². The monoisotopic (exact) mass is 348 g/mol. The number of aromatic nitrogens is 2. The largest absolute Gasteiger partial charge is 0.356 e. The van der Waals surface area contributed by atoms with E-state index in [0.29, 0.717) is 12.1 Å². The van der Waals surface area contributed by atoms with Crippen LogP contribution in [0.1, 0.15) is 29.6 Å². The first-order valence-corrected chi connectivity index (χ1v) is 9.10. The molecule has 1 unspecified atom stereocenters. The topological polar surface area (TPSA) is 78.1 Å². The molecule has 2 aromatic heterocycles. The van der Waals surface area contributed by atoms with Crippen LogP contribution in [0.3, 0.4) is 0 Å². The fourth-order valence-electron chi connectivity index (χ4n) is 4.60. The van der Waals surface area contributed by atoms with E-state index in [1.54, 1.807) is 6.20 Å². The van der Waals surface area contributed by atoms with Crippen molar-refractivity contribution in [3.63, 3.8) is 0 Å². The lowest BCUT2D eigenvalue weighted by Gasteiger charge is -2.39. The number of carbonyl (C=O) groups excluding carboxylic acids is 2. The maximum atomic E-state index is 12.4. The number of H-pyrrole nitrogens is 1. The van der Waals surface area contributed by atoms with Crippen LogP contribution in [0.15, 0.2) is 30.5 Å². The summed E-state index contributed by atoms with van der Waals surface area (Å²) in [5, 5.41) is 5.03. The predicted octanol–water partition coefficient (Wildman–Crippen LogP) is 2.64. The third-order valence-electron chi connectivity index (χ3n) is 5.92. The zero-order valence-corrected chi connectivity index (χ0v) is 14.4. The van der Waals surface area contributed by atoms with Gasteiger partial charge in [-0.25, -0.2) is 4.98 Å². The van der Waals surface area contributed by atoms with Crippen LogP contribution in [0.5, 0.6) is 0 Å². The molecule has 2 fully saturated rings. The molecule has 2 N–H and O–H groups in total. The molecular weight excluding hydrogens is 328 g/mol. The standard InChI is InChI=1S/C20H20N4O2/c25-11-13-10-22-18(16-14-4-1-2-5-15(14)23-17(13)16)24-9-3-6-20(12-24)7-8-21-19(20)26/h1-2,4-5,10-11,23H,3,6-9,12H2,(H,21,26). The van der Waals surface area contributed by atoms with Crippen LogP contribution in [-0.4, -0.2) is 41.8 Å². The van der Waals surface area contributed by atoms with Gasteiger partial charge in [0.2, 0.25) is 5.91 Å². The Morgan fingerprint density at radius 3 is 2.92 bits per heavy atom. The SMILES string of the molecule is O=Cc1cnc(N2CCCC3(CCNC3=O)C2)c2c1[nH]c1ccccc12. The third-order valence-corrected chi connectivity index (χ3v) is 5.92. The van der Waals surface area contributed by atoms with Gasteiger partial charge < -0.3 is 15.2 Å². The summed E-state index contributed by atoms with van der Waals surface area (Å²) in [6, 6.07) is 8.03. The Balaban J connectivity index is 1.69. The molecule has 0 saturated carbocycles. The number of pyridine rings is 1. The van der Waals surface area contributed by atoms with Gasteiger partial charge in [0, 0.05) is 36.7 Å². The number of piperidine rings is 1. The number of anilines is 1. The zero-order valence-electron chi connectivity index (χ0n) is 14.4. The molecule has 1 atom stereocenters. The molecule has 6 heteroatoms. The minimum atomic E-state index is -0.304. The van der Waals surface area contributed by atoms with E-state index in [9.17, 15) is 9.59 Å². The van der Waals surface area contributed by atoms with Crippen molar-refractivity contribution in [2.24, 2.45) is 5.41 Å². The summed E-state index contributed by atoms with van der Waals surface area (Å²) in [5.74, 6) is 1.03. The lowest BCUT2D eigenvalue weighted by molar-refractivity contribution is -0.128. The number of aldehydes is 1. The van der Waals surface area contributed by atoms with E-state index >= 15 is 0 Å². The van der Waals surface area contributed by atoms with Crippen LogP contribution in [0.25, 0.3) is 21.8 Å². The quantitative estimate of drug-likeness (QED) is 0.698. The van der Waals surface area contributed by atoms with Gasteiger partial charge in [0.15, 0.2) is 6.29 Å². The Bertz CT molecular complexity index is 1040. The van der Waals surface area contributed by atoms with Gasteiger partial charge in [0.25, 0.3) is 0 Å². The first kappa shape index (κ1) is 15.4. The second kappa shape index (κ2) is 5.56. The molecule has 0 aliphatic carbocycles. The Labute approximate surface area is 150 Å². The highest BCUT2D eigenvalue weighted by atomic mass is 16.2. The van der Waals surface area contributed by atoms with Crippen LogP contribution in [0, 0.1) is 5.41 Å². The van der Waals surface area contributed by atoms with E-state index in [2.05, 4.69) is 26.3 Å². The van der Waals surface area contributed by atoms with Crippen molar-refractivity contribution in [3.05, 3.63) is 36.0 Å². The number of aromatic amines is 1. The average Bonchev–Trinajstić information content (AvgIpc) is 3.22. The summed E-state index contributed by atoms with van der Waals surface area (Å²) in [6.45, 7) is 2.31. The summed E-state index contributed by atoms with van der Waals surface area (Å²) in [5.41, 5.74) is 2.07. The number of hydrogen-bond acceptors (Lipinski definition) is 4. The number of benzene rings is 1. The van der Waals surface area contributed by atoms with Gasteiger partial charge in [-0.05, 0) is 25.3 Å². The Morgan fingerprint density at radius 1 is 1.23 bits per heavy atom. The number of nitrogens with one attached hydrogen (secondary N) is 2. The maximum Gasteiger partial charge on any atom is 0.228 e. The van der Waals surface area contributed by atoms with Crippen molar-refractivity contribution < 1.29 is 9.59 Å². The molecule has 2 aliphatic rings. The minimum Gasteiger partial charge on any atom is -0.356 e. The van der Waals surface area contributed by atoms with Crippen molar-refractivity contribution in [2.75, 3.05) is 24.5 Å². The van der Waals surface area contributed by atoms with Crippen LogP contribution < -0.4 is 10.2 Å². The smallest absolute Gasteiger partial charge is 0.228 e. The summed E-state index contributed by atoms with van der Waals surface area (Å²) in [4.78, 5) is 34.2. The number of amides is 1. The molecule has 4 heterocycles. The molecular formula is C20H20N4O2. The number of para-hydroxylation sites is 1. The number of hydrogen-bond donors (Lipinski definition) is 2. The van der Waals surface area contributed by atoms with Gasteiger partial charge in [-0.1, -0.05) is 18.2 Å². The molecule has 1 amide bonds. The summed E-state index contributed by atoms with van der Waals surface area (Å²) in [7, 11) is 0. The van der Waals surface area contributed by atoms with E-state index in [0.717, 1.165) is 66.3 Å². The normalized spacial score (nSPS) is 23.1. The maximum absolute atomic E-state index is 12.4. The lowest BCUT2D eigenvalue weighted by Crippen LogP contribution is -2.47. The first-order valence-electron chi connectivity index (χ1n) is 9.10. The number of fused-ring (bicyclic) bond motifs is 3. The molecule has 26 heavy (non-hydrogen) atoms. The van der Waals surface area contributed by atoms with Gasteiger partial charge >= 0.3 is 0 Å². The number of rotatable bonds is 2. The van der Waals surface area contributed by atoms with Gasteiger partial charge in [-0.2, -0.15) is 0 Å². The van der Waals surface area contributed by atoms with E-state index in [-0.39, 0.29) is 11.3 Å². The lowest BCUT2D eigenvalue weighted by atomic mass is 9.78. The fourth-order valence-corrected chi connectivity index (χ4v) is 4.60. The molecule has 1 aromatic carbocycles. The van der Waals surface area contributed by atoms with Gasteiger partial charge in [0.1, 0.15) is 5.82 Å². The average molecular weight is 348 g/mol. The molecule has 2 saturated heterocycles. The van der Waals surface area contributed by atoms with Crippen molar-refractivity contribution >= 4 is 39.8 Å². The Hall–Kier alpha value is -2.89. The molecule has 132 valence electrons. The highest BCUT2D eigenvalue weighted by molar-refractivity contribution is 6.16. The highest BCUT2D eigenvalue weighted by Crippen LogP contribution is 2.41. The summed E-state index contributed by atoms with van der Waals surface area (Å²) >= 11 is 0. The van der Waals surface area contributed by atoms with Crippen LogP contribution in [0.2, 0.25) is 0 Å². The third kappa shape index (κ3) is 2.08. The van der Waals surface area contributed by atoms with Gasteiger partial charge in [-0.15, -0.1) is 0 Å². The van der Waals surface area contributed by atoms with Gasteiger partial charge in [-0.3, -0.25) is 9.59 Å². The van der Waals surface area contributed by atoms with E-state index in [1.807, 2.05) is 18.2 Å². The molecule has 5 rings (SSSR count). The number of carbonyl (C=O) groups is 2. The van der Waals surface area contributed by atoms with Crippen LogP contribution >= 0.6 is 0 Å². The Kier molecular flexibility index (Phi) is 3.29. The second-order valence-corrected chi connectivity index (χ2v) is 7.39. The van der Waals surface area contributed by atoms with Crippen molar-refractivity contribution in [2.45, 2.75) is 19.3 Å². The number of nitrogens with zero attached hydrogens (tertiary/aromatic N) is 2. The molecule has 1 spiro atoms. The summed E-state index contributed by atoms with van der Waals surface area (Å²) in [6.07, 6.45) is 5.26. The van der Waals surface area contributed by atoms with Crippen LogP contribution in [0.4, 0.5) is 5.82 Å². The van der Waals surface area contributed by atoms with Crippen molar-refractivity contribution in [1.29, 1.82) is 0 Å². The summed E-state index contributed by atoms with van der Waals surface area (Å²) < 4.78 is 0. The molecule has 0 bridgehead atoms. The molecule has 3 aromatic rings. The van der Waals surface area contributed by atoms with Crippen LogP contribution in [-0.2, 0) is 4.79 Å². The second-order valence-electron chi connectivity index (χ2n) is 7.39. The van der Waals surface area contributed by atoms with Gasteiger partial charge in [0.05, 0.1) is 21.9 Å². The predicted molar refractivity (Wildman–Crippen MR) is 100 cm³/mol. The fraction of sp³-hybridized carbons (Fsp3) is 0.350. The first-order chi connectivity index (χ1) is 12.7. The highest BCUT2D eigenvalue weighted by Gasteiger charge is 2.45. The van der Waals surface area contributed by atoms with Crippen molar-refractivity contribution in [3.8, 4) is 0 Å². The minimum absolute atomic E-state index is 0.168.